The summed E-state index contributed by atoms with van der Waals surface area (Å²) in [7, 11) is 0. The van der Waals surface area contributed by atoms with E-state index in [1.165, 1.54) is 18.3 Å². The number of rotatable bonds is 5. The first-order chi connectivity index (χ1) is 13.5. The van der Waals surface area contributed by atoms with Crippen LogP contribution in [0.2, 0.25) is 5.15 Å². The Balaban J connectivity index is 1.62. The predicted octanol–water partition coefficient (Wildman–Crippen LogP) is 4.17. The van der Waals surface area contributed by atoms with Crippen LogP contribution in [0.15, 0.2) is 35.7 Å². The van der Waals surface area contributed by atoms with Gasteiger partial charge in [-0.2, -0.15) is 4.98 Å². The molecule has 0 spiro atoms. The van der Waals surface area contributed by atoms with E-state index in [0.29, 0.717) is 29.2 Å². The third kappa shape index (κ3) is 3.80. The molecule has 0 atom stereocenters. The summed E-state index contributed by atoms with van der Waals surface area (Å²) in [6.45, 7) is 3.44. The second kappa shape index (κ2) is 7.53. The van der Waals surface area contributed by atoms with Crippen molar-refractivity contribution in [1.29, 1.82) is 0 Å². The predicted molar refractivity (Wildman–Crippen MR) is 110 cm³/mol. The number of halogens is 1. The van der Waals surface area contributed by atoms with E-state index < -0.39 is 0 Å². The van der Waals surface area contributed by atoms with E-state index in [1.54, 1.807) is 10.6 Å². The van der Waals surface area contributed by atoms with E-state index in [0.717, 1.165) is 21.9 Å². The number of carbonyl (C=O) groups is 1. The smallest absolute Gasteiger partial charge is 0.249 e. The van der Waals surface area contributed by atoms with Crippen molar-refractivity contribution in [3.8, 4) is 11.3 Å². The maximum absolute atomic E-state index is 11.2. The maximum atomic E-state index is 11.2. The van der Waals surface area contributed by atoms with E-state index in [1.807, 2.05) is 36.6 Å². The highest BCUT2D eigenvalue weighted by Crippen LogP contribution is 2.27. The average molecular weight is 414 g/mol. The minimum absolute atomic E-state index is 0.103. The van der Waals surface area contributed by atoms with Crippen molar-refractivity contribution in [2.45, 2.75) is 20.3 Å². The van der Waals surface area contributed by atoms with Crippen LogP contribution < -0.4 is 10.6 Å². The molecule has 0 aliphatic rings. The molecule has 0 unspecified atom stereocenters. The molecule has 4 aromatic rings. The first kappa shape index (κ1) is 18.3. The van der Waals surface area contributed by atoms with Gasteiger partial charge in [0.2, 0.25) is 16.8 Å². The first-order valence-electron chi connectivity index (χ1n) is 8.54. The van der Waals surface area contributed by atoms with Crippen LogP contribution in [0.5, 0.6) is 0 Å². The highest BCUT2D eigenvalue weighted by Gasteiger charge is 2.13. The third-order valence-electron chi connectivity index (χ3n) is 3.88. The second-order valence-electron chi connectivity index (χ2n) is 5.98. The van der Waals surface area contributed by atoms with Crippen LogP contribution in [0.1, 0.15) is 19.7 Å². The van der Waals surface area contributed by atoms with Crippen LogP contribution in [-0.4, -0.2) is 30.5 Å². The largest absolute Gasteiger partial charge is 0.326 e. The van der Waals surface area contributed by atoms with Crippen molar-refractivity contribution in [3.05, 3.63) is 46.7 Å². The maximum Gasteiger partial charge on any atom is 0.249 e. The number of hydrogen-bond acceptors (Lipinski definition) is 7. The highest BCUT2D eigenvalue weighted by atomic mass is 35.5. The SMILES string of the molecule is CCc1nc(Cl)cc(Nc2nc3scc(-c4ccc(NC(C)=O)cc4)n3n2)n1. The molecule has 142 valence electrons. The van der Waals surface area contributed by atoms with E-state index in [4.69, 9.17) is 11.6 Å². The molecule has 1 amide bonds. The Kier molecular flexibility index (Phi) is 4.93. The zero-order chi connectivity index (χ0) is 19.7. The van der Waals surface area contributed by atoms with Crippen molar-refractivity contribution in [2.24, 2.45) is 0 Å². The number of fused-ring (bicyclic) bond motifs is 1. The normalized spacial score (nSPS) is 11.0. The molecule has 0 saturated heterocycles. The Hall–Kier alpha value is -3.04. The Bertz CT molecular complexity index is 1150. The summed E-state index contributed by atoms with van der Waals surface area (Å²) >= 11 is 7.53. The minimum Gasteiger partial charge on any atom is -0.326 e. The van der Waals surface area contributed by atoms with Crippen LogP contribution in [0.4, 0.5) is 17.5 Å². The topological polar surface area (TPSA) is 97.1 Å². The van der Waals surface area contributed by atoms with Crippen LogP contribution >= 0.6 is 22.9 Å². The molecule has 10 heteroatoms. The highest BCUT2D eigenvalue weighted by molar-refractivity contribution is 7.15. The van der Waals surface area contributed by atoms with Gasteiger partial charge >= 0.3 is 0 Å². The van der Waals surface area contributed by atoms with Crippen LogP contribution in [-0.2, 0) is 11.2 Å². The van der Waals surface area contributed by atoms with Gasteiger partial charge in [0.15, 0.2) is 0 Å². The summed E-state index contributed by atoms with van der Waals surface area (Å²) in [4.78, 5) is 24.9. The van der Waals surface area contributed by atoms with Gasteiger partial charge in [0.1, 0.15) is 16.8 Å². The van der Waals surface area contributed by atoms with Gasteiger partial charge in [0.05, 0.1) is 5.69 Å². The van der Waals surface area contributed by atoms with Gasteiger partial charge in [0.25, 0.3) is 0 Å². The molecular formula is C18H16ClN7OS. The lowest BCUT2D eigenvalue weighted by molar-refractivity contribution is -0.114. The van der Waals surface area contributed by atoms with Crippen molar-refractivity contribution in [3.63, 3.8) is 0 Å². The van der Waals surface area contributed by atoms with Crippen molar-refractivity contribution >= 4 is 51.3 Å². The fraction of sp³-hybridized carbons (Fsp3) is 0.167. The number of amides is 1. The van der Waals surface area contributed by atoms with Crippen molar-refractivity contribution < 1.29 is 4.79 Å². The standard InChI is InChI=1S/C18H16ClN7OS/c1-3-15-21-14(19)8-16(22-15)23-17-24-18-26(25-17)13(9-28-18)11-4-6-12(7-5-11)20-10(2)27/h4-9H,3H2,1-2H3,(H,20,27)(H,21,22,23,25). The molecule has 2 N–H and O–H groups in total. The minimum atomic E-state index is -0.103. The number of aromatic nitrogens is 5. The lowest BCUT2D eigenvalue weighted by atomic mass is 10.1. The quantitative estimate of drug-likeness (QED) is 0.477. The molecule has 8 nitrogen and oxygen atoms in total. The van der Waals surface area contributed by atoms with Gasteiger partial charge in [-0.1, -0.05) is 30.7 Å². The molecule has 0 fully saturated rings. The lowest BCUT2D eigenvalue weighted by Crippen LogP contribution is -2.05. The lowest BCUT2D eigenvalue weighted by Gasteiger charge is -2.04. The number of benzene rings is 1. The number of nitrogens with zero attached hydrogens (tertiary/aromatic N) is 5. The molecule has 3 heterocycles. The molecule has 0 bridgehead atoms. The molecule has 0 saturated carbocycles. The Morgan fingerprint density at radius 3 is 2.71 bits per heavy atom. The molecule has 3 aromatic heterocycles. The summed E-state index contributed by atoms with van der Waals surface area (Å²) in [5.41, 5.74) is 2.62. The number of anilines is 3. The van der Waals surface area contributed by atoms with Crippen molar-refractivity contribution in [2.75, 3.05) is 10.6 Å². The van der Waals surface area contributed by atoms with Gasteiger partial charge in [-0.15, -0.1) is 16.4 Å². The molecule has 0 aliphatic carbocycles. The summed E-state index contributed by atoms with van der Waals surface area (Å²) in [5, 5.41) is 12.7. The number of thiazole rings is 1. The summed E-state index contributed by atoms with van der Waals surface area (Å²) < 4.78 is 1.77. The van der Waals surface area contributed by atoms with E-state index in [9.17, 15) is 4.79 Å². The zero-order valence-corrected chi connectivity index (χ0v) is 16.7. The van der Waals surface area contributed by atoms with E-state index >= 15 is 0 Å². The number of aryl methyl sites for hydroxylation is 1. The Morgan fingerprint density at radius 2 is 2.00 bits per heavy atom. The molecule has 1 aromatic carbocycles. The Labute approximate surface area is 169 Å². The first-order valence-corrected chi connectivity index (χ1v) is 9.80. The monoisotopic (exact) mass is 413 g/mol. The van der Waals surface area contributed by atoms with E-state index in [2.05, 4.69) is 30.7 Å². The summed E-state index contributed by atoms with van der Waals surface area (Å²) in [6.07, 6.45) is 0.680. The van der Waals surface area contributed by atoms with Gasteiger partial charge < -0.3 is 10.6 Å². The molecule has 28 heavy (non-hydrogen) atoms. The number of carbonyl (C=O) groups excluding carboxylic acids is 1. The van der Waals surface area contributed by atoms with E-state index in [-0.39, 0.29) is 5.91 Å². The summed E-state index contributed by atoms with van der Waals surface area (Å²) in [5.74, 6) is 1.53. The molecular weight excluding hydrogens is 398 g/mol. The van der Waals surface area contributed by atoms with Gasteiger partial charge in [-0.3, -0.25) is 4.79 Å². The molecule has 0 aliphatic heterocycles. The Morgan fingerprint density at radius 1 is 1.21 bits per heavy atom. The second-order valence-corrected chi connectivity index (χ2v) is 7.20. The number of nitrogens with one attached hydrogen (secondary N) is 2. The fourth-order valence-corrected chi connectivity index (χ4v) is 3.69. The molecule has 0 radical (unpaired) electrons. The third-order valence-corrected chi connectivity index (χ3v) is 4.89. The van der Waals surface area contributed by atoms with Crippen molar-refractivity contribution in [1.82, 2.24) is 24.6 Å². The number of hydrogen-bond donors (Lipinski definition) is 2. The van der Waals surface area contributed by atoms with Gasteiger partial charge in [-0.25, -0.2) is 14.5 Å². The van der Waals surface area contributed by atoms with Gasteiger partial charge in [-0.05, 0) is 12.1 Å². The average Bonchev–Trinajstić information content (AvgIpc) is 3.21. The molecule has 4 rings (SSSR count). The fourth-order valence-electron chi connectivity index (χ4n) is 2.66. The summed E-state index contributed by atoms with van der Waals surface area (Å²) in [6, 6.07) is 9.20. The van der Waals surface area contributed by atoms with Gasteiger partial charge in [0, 0.05) is 36.0 Å². The van der Waals surface area contributed by atoms with Crippen LogP contribution in [0.3, 0.4) is 0 Å². The van der Waals surface area contributed by atoms with Crippen LogP contribution in [0.25, 0.3) is 16.2 Å². The van der Waals surface area contributed by atoms with Crippen LogP contribution in [0, 0.1) is 0 Å². The zero-order valence-electron chi connectivity index (χ0n) is 15.1.